The van der Waals surface area contributed by atoms with Crippen LogP contribution in [0.4, 0.5) is 0 Å². The zero-order chi connectivity index (χ0) is 33.8. The summed E-state index contributed by atoms with van der Waals surface area (Å²) in [4.78, 5) is 14.1. The summed E-state index contributed by atoms with van der Waals surface area (Å²) in [5, 5.41) is 2.43. The van der Waals surface area contributed by atoms with Crippen LogP contribution < -0.4 is 0 Å². The maximum atomic E-state index is 5.64. The van der Waals surface area contributed by atoms with Gasteiger partial charge in [0.05, 0.1) is 27.9 Å². The predicted molar refractivity (Wildman–Crippen MR) is 209 cm³/mol. The normalized spacial score (nSPS) is 11.9. The van der Waals surface area contributed by atoms with Crippen LogP contribution in [-0.2, 0) is 5.41 Å². The van der Waals surface area contributed by atoms with Crippen LogP contribution in [0.3, 0.4) is 0 Å². The molecule has 3 heterocycles. The van der Waals surface area contributed by atoms with E-state index < -0.39 is 0 Å². The number of nitrogens with one attached hydrogen (secondary N) is 1. The van der Waals surface area contributed by atoms with Crippen molar-refractivity contribution in [3.8, 4) is 50.6 Å². The fraction of sp³-hybridized carbons (Fsp3) is 0.0870. The maximum Gasteiger partial charge on any atom is 0.147 e. The van der Waals surface area contributed by atoms with E-state index in [0.717, 1.165) is 72.7 Å². The van der Waals surface area contributed by atoms with Crippen LogP contribution in [0, 0.1) is 0 Å². The molecule has 4 heteroatoms. The average molecular weight is 645 g/mol. The fourth-order valence-corrected chi connectivity index (χ4v) is 7.23. The summed E-state index contributed by atoms with van der Waals surface area (Å²) >= 11 is 0. The summed E-state index contributed by atoms with van der Waals surface area (Å²) in [5.41, 5.74) is 14.1. The molecule has 50 heavy (non-hydrogen) atoms. The van der Waals surface area contributed by atoms with Crippen molar-refractivity contribution in [1.82, 2.24) is 19.5 Å². The Balaban J connectivity index is 1.39. The van der Waals surface area contributed by atoms with Gasteiger partial charge in [-0.05, 0) is 70.6 Å². The molecule has 0 radical (unpaired) electrons. The van der Waals surface area contributed by atoms with Gasteiger partial charge >= 0.3 is 0 Å². The lowest BCUT2D eigenvalue weighted by Crippen LogP contribution is -2.11. The number of para-hydroxylation sites is 3. The summed E-state index contributed by atoms with van der Waals surface area (Å²) in [7, 11) is 0. The molecule has 1 N–H and O–H groups in total. The molecule has 4 nitrogen and oxygen atoms in total. The van der Waals surface area contributed by atoms with Crippen molar-refractivity contribution in [3.05, 3.63) is 163 Å². The third-order valence-corrected chi connectivity index (χ3v) is 9.77. The number of nitrogens with zero attached hydrogens (tertiary/aromatic N) is 3. The van der Waals surface area contributed by atoms with Gasteiger partial charge in [-0.15, -0.1) is 0 Å². The lowest BCUT2D eigenvalue weighted by molar-refractivity contribution is 0.591. The zero-order valence-corrected chi connectivity index (χ0v) is 28.4. The first-order chi connectivity index (χ1) is 24.4. The zero-order valence-electron chi connectivity index (χ0n) is 28.4. The Labute approximate surface area is 291 Å². The van der Waals surface area contributed by atoms with Crippen LogP contribution in [0.5, 0.6) is 0 Å². The lowest BCUT2D eigenvalue weighted by Gasteiger charge is -2.21. The second-order valence-electron chi connectivity index (χ2n) is 14.0. The van der Waals surface area contributed by atoms with E-state index in [-0.39, 0.29) is 5.41 Å². The first-order valence-corrected chi connectivity index (χ1v) is 17.2. The third kappa shape index (κ3) is 5.00. The third-order valence-electron chi connectivity index (χ3n) is 9.77. The molecule has 9 rings (SSSR count). The Bertz CT molecular complexity index is 2670. The van der Waals surface area contributed by atoms with Gasteiger partial charge in [-0.1, -0.05) is 124 Å². The van der Waals surface area contributed by atoms with Gasteiger partial charge in [0.1, 0.15) is 5.82 Å². The standard InChI is InChI=1S/C46H36N4/c1-46(2,3)33-28-37-36-20-7-9-23-40(36)48-43(37)38(29-33)45-49-44-35(31-17-13-18-32(27-31)39-22-11-12-26-47-39)21-14-25-42(44)50(45)41-24-10-8-19-34(41)30-15-5-4-6-16-30/h4-29,48H,1-3H3. The molecular weight excluding hydrogens is 609 g/mol. The van der Waals surface area contributed by atoms with E-state index in [1.54, 1.807) is 0 Å². The van der Waals surface area contributed by atoms with Crippen LogP contribution >= 0.6 is 0 Å². The van der Waals surface area contributed by atoms with Gasteiger partial charge < -0.3 is 4.98 Å². The monoisotopic (exact) mass is 644 g/mol. The smallest absolute Gasteiger partial charge is 0.147 e. The molecule has 0 aliphatic heterocycles. The van der Waals surface area contributed by atoms with Gasteiger partial charge in [0.25, 0.3) is 0 Å². The molecule has 3 aromatic heterocycles. The largest absolute Gasteiger partial charge is 0.354 e. The predicted octanol–water partition coefficient (Wildman–Crippen LogP) is 12.0. The highest BCUT2D eigenvalue weighted by molar-refractivity contribution is 6.12. The number of hydrogen-bond acceptors (Lipinski definition) is 2. The Morgan fingerprint density at radius 2 is 1.28 bits per heavy atom. The number of imidazole rings is 1. The quantitative estimate of drug-likeness (QED) is 0.203. The molecule has 0 aliphatic carbocycles. The number of H-pyrrole nitrogens is 1. The highest BCUT2D eigenvalue weighted by atomic mass is 15.1. The number of rotatable bonds is 5. The Morgan fingerprint density at radius 1 is 0.560 bits per heavy atom. The number of hydrogen-bond donors (Lipinski definition) is 1. The minimum absolute atomic E-state index is 0.0722. The number of benzene rings is 6. The average Bonchev–Trinajstić information content (AvgIpc) is 3.74. The molecule has 6 aromatic carbocycles. The van der Waals surface area contributed by atoms with E-state index in [9.17, 15) is 0 Å². The van der Waals surface area contributed by atoms with Gasteiger partial charge in [0, 0.05) is 44.7 Å². The highest BCUT2D eigenvalue weighted by Gasteiger charge is 2.25. The Morgan fingerprint density at radius 3 is 2.12 bits per heavy atom. The molecule has 0 spiro atoms. The summed E-state index contributed by atoms with van der Waals surface area (Å²) in [6.07, 6.45) is 1.84. The van der Waals surface area contributed by atoms with E-state index in [1.165, 1.54) is 16.3 Å². The van der Waals surface area contributed by atoms with Crippen LogP contribution in [0.2, 0.25) is 0 Å². The second kappa shape index (κ2) is 11.7. The van der Waals surface area contributed by atoms with Crippen LogP contribution in [0.25, 0.3) is 83.4 Å². The van der Waals surface area contributed by atoms with E-state index in [1.807, 2.05) is 18.3 Å². The van der Waals surface area contributed by atoms with Crippen molar-refractivity contribution in [2.24, 2.45) is 0 Å². The Kier molecular flexibility index (Phi) is 6.99. The molecule has 240 valence electrons. The van der Waals surface area contributed by atoms with Gasteiger partial charge in [-0.25, -0.2) is 4.98 Å². The summed E-state index contributed by atoms with van der Waals surface area (Å²) < 4.78 is 2.37. The number of aromatic amines is 1. The van der Waals surface area contributed by atoms with E-state index in [4.69, 9.17) is 4.98 Å². The van der Waals surface area contributed by atoms with Crippen LogP contribution in [0.15, 0.2) is 158 Å². The van der Waals surface area contributed by atoms with Crippen molar-refractivity contribution < 1.29 is 0 Å². The maximum absolute atomic E-state index is 5.64. The van der Waals surface area contributed by atoms with Crippen LogP contribution in [-0.4, -0.2) is 19.5 Å². The minimum atomic E-state index is -0.0722. The van der Waals surface area contributed by atoms with Crippen LogP contribution in [0.1, 0.15) is 26.3 Å². The first kappa shape index (κ1) is 29.8. The summed E-state index contributed by atoms with van der Waals surface area (Å²) in [6, 6.07) is 53.8. The van der Waals surface area contributed by atoms with Crippen molar-refractivity contribution in [2.75, 3.05) is 0 Å². The molecule has 0 bridgehead atoms. The highest BCUT2D eigenvalue weighted by Crippen LogP contribution is 2.42. The molecule has 9 aromatic rings. The van der Waals surface area contributed by atoms with Crippen molar-refractivity contribution in [2.45, 2.75) is 26.2 Å². The van der Waals surface area contributed by atoms with Crippen molar-refractivity contribution in [1.29, 1.82) is 0 Å². The summed E-state index contributed by atoms with van der Waals surface area (Å²) in [6.45, 7) is 6.85. The van der Waals surface area contributed by atoms with Gasteiger partial charge in [0.2, 0.25) is 0 Å². The molecular formula is C46H36N4. The molecule has 0 atom stereocenters. The molecule has 0 fully saturated rings. The minimum Gasteiger partial charge on any atom is -0.354 e. The second-order valence-corrected chi connectivity index (χ2v) is 14.0. The van der Waals surface area contributed by atoms with E-state index in [2.05, 4.69) is 175 Å². The Hall–Kier alpha value is -6.26. The van der Waals surface area contributed by atoms with Crippen molar-refractivity contribution in [3.63, 3.8) is 0 Å². The van der Waals surface area contributed by atoms with E-state index in [0.29, 0.717) is 0 Å². The van der Waals surface area contributed by atoms with Gasteiger partial charge in [0.15, 0.2) is 0 Å². The van der Waals surface area contributed by atoms with Gasteiger partial charge in [-0.3, -0.25) is 9.55 Å². The fourth-order valence-electron chi connectivity index (χ4n) is 7.23. The van der Waals surface area contributed by atoms with Crippen molar-refractivity contribution >= 4 is 32.8 Å². The SMILES string of the molecule is CC(C)(C)c1cc(-c2nc3c(-c4cccc(-c5ccccn5)c4)cccc3n2-c2ccccc2-c2ccccc2)c2[nH]c3ccccc3c2c1. The topological polar surface area (TPSA) is 46.5 Å². The molecule has 0 unspecified atom stereocenters. The molecule has 0 saturated heterocycles. The molecule has 0 amide bonds. The van der Waals surface area contributed by atoms with Gasteiger partial charge in [-0.2, -0.15) is 0 Å². The van der Waals surface area contributed by atoms with E-state index >= 15 is 0 Å². The summed E-state index contributed by atoms with van der Waals surface area (Å²) in [5.74, 6) is 0.902. The number of aromatic nitrogens is 4. The molecule has 0 aliphatic rings. The number of fused-ring (bicyclic) bond motifs is 4. The lowest BCUT2D eigenvalue weighted by atomic mass is 9.85. The number of pyridine rings is 1. The molecule has 0 saturated carbocycles. The first-order valence-electron chi connectivity index (χ1n) is 17.2.